The molecule has 2 aliphatic heterocycles. The van der Waals surface area contributed by atoms with Gasteiger partial charge in [0.2, 0.25) is 0 Å². The third-order valence-corrected chi connectivity index (χ3v) is 6.83. The fourth-order valence-electron chi connectivity index (χ4n) is 4.29. The number of nitrogens with zero attached hydrogens (tertiary/aromatic N) is 2. The van der Waals surface area contributed by atoms with Crippen molar-refractivity contribution in [2.45, 2.75) is 39.2 Å². The number of rotatable bonds is 8. The van der Waals surface area contributed by atoms with E-state index in [1.807, 2.05) is 26.0 Å². The van der Waals surface area contributed by atoms with Crippen molar-refractivity contribution in [3.8, 4) is 0 Å². The Bertz CT molecular complexity index is 926. The number of halogens is 1. The number of piperidine rings is 1. The third-order valence-electron chi connectivity index (χ3n) is 5.97. The summed E-state index contributed by atoms with van der Waals surface area (Å²) in [6, 6.07) is 3.86. The lowest BCUT2D eigenvalue weighted by Crippen LogP contribution is -2.55. The normalized spacial score (nSPS) is 18.4. The van der Waals surface area contributed by atoms with Gasteiger partial charge in [0.15, 0.2) is 5.76 Å². The van der Waals surface area contributed by atoms with Crippen molar-refractivity contribution in [3.05, 3.63) is 39.1 Å². The van der Waals surface area contributed by atoms with Gasteiger partial charge in [-0.05, 0) is 56.4 Å². The Balaban J connectivity index is 2.17. The Labute approximate surface area is 202 Å². The van der Waals surface area contributed by atoms with Gasteiger partial charge in [0, 0.05) is 24.7 Å². The molecule has 0 N–H and O–H groups in total. The number of carbonyl (C=O) groups is 2. The summed E-state index contributed by atoms with van der Waals surface area (Å²) in [4.78, 5) is 37.7. The van der Waals surface area contributed by atoms with Gasteiger partial charge in [-0.3, -0.25) is 9.63 Å². The van der Waals surface area contributed by atoms with Crippen LogP contribution in [-0.4, -0.2) is 74.9 Å². The maximum absolute atomic E-state index is 13.8. The van der Waals surface area contributed by atoms with Crippen LogP contribution in [0.4, 0.5) is 4.79 Å². The Morgan fingerprint density at radius 2 is 1.82 bits per heavy atom. The van der Waals surface area contributed by atoms with E-state index in [1.165, 1.54) is 5.06 Å². The molecule has 1 saturated heterocycles. The summed E-state index contributed by atoms with van der Waals surface area (Å²) in [5, 5.41) is 3.16. The van der Waals surface area contributed by atoms with Crippen LogP contribution in [-0.2, 0) is 28.7 Å². The topological polar surface area (TPSA) is 86.8 Å². The summed E-state index contributed by atoms with van der Waals surface area (Å²) in [5.41, 5.74) is 1.90. The van der Waals surface area contributed by atoms with Gasteiger partial charge in [-0.1, -0.05) is 22.0 Å². The van der Waals surface area contributed by atoms with Crippen LogP contribution in [0.5, 0.6) is 0 Å². The zero-order chi connectivity index (χ0) is 24.2. The summed E-state index contributed by atoms with van der Waals surface area (Å²) in [6.07, 6.45) is 0.0437. The van der Waals surface area contributed by atoms with Gasteiger partial charge in [0.25, 0.3) is 5.91 Å². The first kappa shape index (κ1) is 25.6. The van der Waals surface area contributed by atoms with E-state index in [-0.39, 0.29) is 24.9 Å². The summed E-state index contributed by atoms with van der Waals surface area (Å²) in [6.45, 7) is 7.28. The Morgan fingerprint density at radius 3 is 2.42 bits per heavy atom. The lowest BCUT2D eigenvalue weighted by Gasteiger charge is -2.43. The summed E-state index contributed by atoms with van der Waals surface area (Å²) < 4.78 is 16.8. The first-order chi connectivity index (χ1) is 15.8. The average molecular weight is 527 g/mol. The van der Waals surface area contributed by atoms with E-state index in [0.717, 1.165) is 15.6 Å². The van der Waals surface area contributed by atoms with Crippen molar-refractivity contribution in [2.75, 3.05) is 47.1 Å². The molecule has 2 aliphatic rings. The molecule has 1 fully saturated rings. The highest BCUT2D eigenvalue weighted by atomic mass is 79.9. The lowest BCUT2D eigenvalue weighted by molar-refractivity contribution is -0.235. The molecule has 0 unspecified atom stereocenters. The van der Waals surface area contributed by atoms with Crippen molar-refractivity contribution in [1.82, 2.24) is 10.1 Å². The first-order valence-electron chi connectivity index (χ1n) is 10.9. The van der Waals surface area contributed by atoms with Crippen LogP contribution in [0.2, 0.25) is 0 Å². The molecular weight excluding hydrogens is 496 g/mol. The number of hydrogen-bond acceptors (Lipinski definition) is 8. The highest BCUT2D eigenvalue weighted by Gasteiger charge is 2.57. The minimum Gasteiger partial charge on any atom is -0.434 e. The van der Waals surface area contributed by atoms with E-state index in [1.54, 1.807) is 26.2 Å². The molecule has 0 atom stereocenters. The minimum atomic E-state index is -0.980. The predicted molar refractivity (Wildman–Crippen MR) is 124 cm³/mol. The smallest absolute Gasteiger partial charge is 0.434 e. The summed E-state index contributed by atoms with van der Waals surface area (Å²) in [5.74, 6) is -0.118. The molecule has 1 aromatic rings. The van der Waals surface area contributed by atoms with E-state index in [4.69, 9.17) is 23.9 Å². The molecule has 10 heteroatoms. The Hall–Kier alpha value is -1.98. The van der Waals surface area contributed by atoms with Crippen molar-refractivity contribution >= 4 is 33.6 Å². The van der Waals surface area contributed by atoms with E-state index in [0.29, 0.717) is 43.7 Å². The number of methoxy groups -OCH3 is 1. The molecule has 3 rings (SSSR count). The second kappa shape index (κ2) is 11.0. The molecule has 0 aromatic heterocycles. The number of hydroxylamine groups is 4. The maximum atomic E-state index is 13.8. The molecule has 9 nitrogen and oxygen atoms in total. The van der Waals surface area contributed by atoms with Gasteiger partial charge >= 0.3 is 6.16 Å². The molecule has 1 spiro atoms. The number of aryl methyl sites for hydroxylation is 2. The van der Waals surface area contributed by atoms with Crippen LogP contribution in [0.1, 0.15) is 36.5 Å². The molecular formula is C23H31BrN2O7. The molecule has 2 heterocycles. The van der Waals surface area contributed by atoms with Crippen molar-refractivity contribution < 1.29 is 33.5 Å². The van der Waals surface area contributed by atoms with Crippen LogP contribution >= 0.6 is 15.9 Å². The largest absolute Gasteiger partial charge is 0.513 e. The highest BCUT2D eigenvalue weighted by Crippen LogP contribution is 2.48. The van der Waals surface area contributed by atoms with E-state index in [9.17, 15) is 9.59 Å². The van der Waals surface area contributed by atoms with E-state index >= 15 is 0 Å². The molecule has 0 radical (unpaired) electrons. The van der Waals surface area contributed by atoms with Crippen LogP contribution in [0.3, 0.4) is 0 Å². The molecule has 0 aliphatic carbocycles. The molecule has 182 valence electrons. The van der Waals surface area contributed by atoms with Crippen molar-refractivity contribution in [3.63, 3.8) is 0 Å². The van der Waals surface area contributed by atoms with Gasteiger partial charge in [0.05, 0.1) is 32.5 Å². The zero-order valence-electron chi connectivity index (χ0n) is 19.7. The van der Waals surface area contributed by atoms with Crippen LogP contribution in [0, 0.1) is 13.8 Å². The fourth-order valence-corrected chi connectivity index (χ4v) is 4.63. The van der Waals surface area contributed by atoms with Gasteiger partial charge in [0.1, 0.15) is 5.54 Å². The standard InChI is InChI=1S/C23H31BrN2O7/c1-6-31-22(28)33-20-19(17-14-18(24)16(3)13-15(17)2)21(27)26(32-12-11-29-4)23(20)7-9-25(30-5)10-8-23/h13-14H,6-12H2,1-5H3. The summed E-state index contributed by atoms with van der Waals surface area (Å²) >= 11 is 3.56. The molecule has 0 bridgehead atoms. The minimum absolute atomic E-state index is 0.156. The predicted octanol–water partition coefficient (Wildman–Crippen LogP) is 3.77. The van der Waals surface area contributed by atoms with Gasteiger partial charge < -0.3 is 19.0 Å². The zero-order valence-corrected chi connectivity index (χ0v) is 21.3. The van der Waals surface area contributed by atoms with Crippen LogP contribution < -0.4 is 0 Å². The van der Waals surface area contributed by atoms with E-state index < -0.39 is 11.7 Å². The third kappa shape index (κ3) is 5.09. The number of amides is 1. The van der Waals surface area contributed by atoms with Crippen molar-refractivity contribution in [2.24, 2.45) is 0 Å². The quantitative estimate of drug-likeness (QED) is 0.373. The lowest BCUT2D eigenvalue weighted by atomic mass is 9.85. The van der Waals surface area contributed by atoms with E-state index in [2.05, 4.69) is 15.9 Å². The fraction of sp³-hybridized carbons (Fsp3) is 0.565. The van der Waals surface area contributed by atoms with Gasteiger partial charge in [-0.25, -0.2) is 9.86 Å². The van der Waals surface area contributed by atoms with Crippen molar-refractivity contribution in [1.29, 1.82) is 0 Å². The van der Waals surface area contributed by atoms with Gasteiger partial charge in [-0.2, -0.15) is 5.06 Å². The molecule has 33 heavy (non-hydrogen) atoms. The SMILES string of the molecule is CCOC(=O)OC1=C(c2cc(Br)c(C)cc2C)C(=O)N(OCCOC)C12CCN(OC)CC2. The van der Waals surface area contributed by atoms with Crippen LogP contribution in [0.15, 0.2) is 22.4 Å². The first-order valence-corrected chi connectivity index (χ1v) is 11.7. The Kier molecular flexibility index (Phi) is 8.52. The monoisotopic (exact) mass is 526 g/mol. The average Bonchev–Trinajstić information content (AvgIpc) is 2.99. The molecule has 1 aromatic carbocycles. The highest BCUT2D eigenvalue weighted by molar-refractivity contribution is 9.10. The Morgan fingerprint density at radius 1 is 1.12 bits per heavy atom. The number of carbonyl (C=O) groups excluding carboxylic acids is 2. The second-order valence-electron chi connectivity index (χ2n) is 7.97. The summed E-state index contributed by atoms with van der Waals surface area (Å²) in [7, 11) is 3.17. The van der Waals surface area contributed by atoms with Gasteiger partial charge in [-0.15, -0.1) is 0 Å². The maximum Gasteiger partial charge on any atom is 0.513 e. The second-order valence-corrected chi connectivity index (χ2v) is 8.83. The molecule has 0 saturated carbocycles. The molecule has 1 amide bonds. The number of hydrogen-bond donors (Lipinski definition) is 0. The number of ether oxygens (including phenoxy) is 3. The van der Waals surface area contributed by atoms with Crippen LogP contribution in [0.25, 0.3) is 5.57 Å². The number of benzene rings is 1.